The monoisotopic (exact) mass is 497 g/mol. The summed E-state index contributed by atoms with van der Waals surface area (Å²) >= 11 is 0. The Morgan fingerprint density at radius 3 is 2.33 bits per heavy atom. The van der Waals surface area contributed by atoms with Gasteiger partial charge in [0.15, 0.2) is 0 Å². The number of hydrogen-bond acceptors (Lipinski definition) is 7. The summed E-state index contributed by atoms with van der Waals surface area (Å²) in [6.07, 6.45) is 8.99. The lowest BCUT2D eigenvalue weighted by atomic mass is 10.2. The van der Waals surface area contributed by atoms with Crippen LogP contribution in [0.3, 0.4) is 0 Å². The van der Waals surface area contributed by atoms with Crippen LogP contribution in [0, 0.1) is 0 Å². The number of phenols is 1. The SMILES string of the molecule is CCCCCCOc1ccc(C(=O)Oc2ccc(C=NCC(C)OC(=O)CCCCC)c(O)c2)cc1. The first-order valence-electron chi connectivity index (χ1n) is 12.9. The lowest BCUT2D eigenvalue weighted by Gasteiger charge is -2.11. The van der Waals surface area contributed by atoms with Gasteiger partial charge in [-0.3, -0.25) is 9.79 Å². The minimum Gasteiger partial charge on any atom is -0.507 e. The van der Waals surface area contributed by atoms with Crippen LogP contribution < -0.4 is 9.47 Å². The molecule has 1 unspecified atom stereocenters. The molecule has 0 aliphatic rings. The zero-order chi connectivity index (χ0) is 26.2. The summed E-state index contributed by atoms with van der Waals surface area (Å²) in [7, 11) is 0. The van der Waals surface area contributed by atoms with Crippen molar-refractivity contribution < 1.29 is 28.9 Å². The first kappa shape index (κ1) is 28.9. The van der Waals surface area contributed by atoms with Crippen LogP contribution in [0.4, 0.5) is 0 Å². The van der Waals surface area contributed by atoms with Crippen molar-refractivity contribution in [1.82, 2.24) is 0 Å². The second-order valence-corrected chi connectivity index (χ2v) is 8.80. The summed E-state index contributed by atoms with van der Waals surface area (Å²) in [5.74, 6) is 0.120. The third kappa shape index (κ3) is 10.9. The van der Waals surface area contributed by atoms with Crippen LogP contribution >= 0.6 is 0 Å². The first-order chi connectivity index (χ1) is 17.4. The van der Waals surface area contributed by atoms with E-state index in [4.69, 9.17) is 14.2 Å². The number of carbonyl (C=O) groups is 2. The van der Waals surface area contributed by atoms with E-state index in [1.807, 2.05) is 0 Å². The first-order valence-corrected chi connectivity index (χ1v) is 12.9. The van der Waals surface area contributed by atoms with Gasteiger partial charge in [0, 0.05) is 24.3 Å². The Morgan fingerprint density at radius 1 is 0.944 bits per heavy atom. The third-order valence-electron chi connectivity index (χ3n) is 5.48. The molecule has 2 rings (SSSR count). The fourth-order valence-electron chi connectivity index (χ4n) is 3.41. The van der Waals surface area contributed by atoms with Crippen molar-refractivity contribution in [2.75, 3.05) is 13.2 Å². The molecule has 7 heteroatoms. The number of aliphatic imine (C=N–C) groups is 1. The number of hydrogen-bond donors (Lipinski definition) is 1. The number of rotatable bonds is 16. The quantitative estimate of drug-likeness (QED) is 0.123. The van der Waals surface area contributed by atoms with E-state index < -0.39 is 5.97 Å². The molecule has 0 saturated heterocycles. The molecule has 0 aromatic heterocycles. The van der Waals surface area contributed by atoms with Crippen LogP contribution in [0.15, 0.2) is 47.5 Å². The molecule has 2 aromatic carbocycles. The van der Waals surface area contributed by atoms with E-state index in [9.17, 15) is 14.7 Å². The highest BCUT2D eigenvalue weighted by Gasteiger charge is 2.11. The Kier molecular flexibility index (Phi) is 13.1. The van der Waals surface area contributed by atoms with Crippen LogP contribution in [-0.2, 0) is 9.53 Å². The molecule has 1 N–H and O–H groups in total. The van der Waals surface area contributed by atoms with Gasteiger partial charge in [0.05, 0.1) is 18.7 Å². The van der Waals surface area contributed by atoms with Gasteiger partial charge in [-0.05, 0) is 56.2 Å². The molecule has 0 aliphatic heterocycles. The fraction of sp³-hybridized carbons (Fsp3) is 0.483. The van der Waals surface area contributed by atoms with E-state index in [0.29, 0.717) is 29.9 Å². The van der Waals surface area contributed by atoms with E-state index in [-0.39, 0.29) is 30.1 Å². The van der Waals surface area contributed by atoms with Gasteiger partial charge in [0.2, 0.25) is 0 Å². The van der Waals surface area contributed by atoms with Gasteiger partial charge in [0.25, 0.3) is 0 Å². The van der Waals surface area contributed by atoms with Crippen molar-refractivity contribution in [2.24, 2.45) is 4.99 Å². The number of aromatic hydroxyl groups is 1. The third-order valence-corrected chi connectivity index (χ3v) is 5.48. The van der Waals surface area contributed by atoms with Gasteiger partial charge in [-0.1, -0.05) is 46.0 Å². The minimum absolute atomic E-state index is 0.0694. The summed E-state index contributed by atoms with van der Waals surface area (Å²) in [4.78, 5) is 28.5. The normalized spacial score (nSPS) is 11.9. The molecule has 0 bridgehead atoms. The van der Waals surface area contributed by atoms with Crippen molar-refractivity contribution >= 4 is 18.2 Å². The standard InChI is InChI=1S/C29H39NO6/c1-4-6-8-10-18-34-25-15-12-23(13-16-25)29(33)36-26-17-14-24(27(31)19-26)21-30-20-22(3)35-28(32)11-9-7-5-2/h12-17,19,21-22,31H,4-11,18,20H2,1-3H3. The molecule has 0 saturated carbocycles. The summed E-state index contributed by atoms with van der Waals surface area (Å²) < 4.78 is 16.4. The lowest BCUT2D eigenvalue weighted by Crippen LogP contribution is -2.17. The molecule has 0 fully saturated rings. The maximum Gasteiger partial charge on any atom is 0.343 e. The Hall–Kier alpha value is -3.35. The molecular formula is C29H39NO6. The van der Waals surface area contributed by atoms with E-state index in [1.54, 1.807) is 43.3 Å². The van der Waals surface area contributed by atoms with Crippen molar-refractivity contribution in [2.45, 2.75) is 78.2 Å². The number of benzene rings is 2. The van der Waals surface area contributed by atoms with Crippen LogP contribution in [0.2, 0.25) is 0 Å². The van der Waals surface area contributed by atoms with E-state index >= 15 is 0 Å². The molecule has 0 radical (unpaired) electrons. The topological polar surface area (TPSA) is 94.4 Å². The Bertz CT molecular complexity index is 970. The van der Waals surface area contributed by atoms with Gasteiger partial charge < -0.3 is 19.3 Å². The van der Waals surface area contributed by atoms with Crippen molar-refractivity contribution in [1.29, 1.82) is 0 Å². The average molecular weight is 498 g/mol. The van der Waals surface area contributed by atoms with Gasteiger partial charge in [0.1, 0.15) is 23.4 Å². The Morgan fingerprint density at radius 2 is 1.64 bits per heavy atom. The van der Waals surface area contributed by atoms with Crippen LogP contribution in [0.25, 0.3) is 0 Å². The zero-order valence-corrected chi connectivity index (χ0v) is 21.7. The highest BCUT2D eigenvalue weighted by Crippen LogP contribution is 2.24. The van der Waals surface area contributed by atoms with Crippen molar-refractivity contribution in [3.63, 3.8) is 0 Å². The Balaban J connectivity index is 1.81. The number of unbranched alkanes of at least 4 members (excludes halogenated alkanes) is 5. The molecule has 0 spiro atoms. The zero-order valence-electron chi connectivity index (χ0n) is 21.7. The van der Waals surface area contributed by atoms with Crippen LogP contribution in [0.5, 0.6) is 17.2 Å². The molecular weight excluding hydrogens is 458 g/mol. The summed E-state index contributed by atoms with van der Waals surface area (Å²) in [5, 5.41) is 10.3. The van der Waals surface area contributed by atoms with Crippen molar-refractivity contribution in [3.05, 3.63) is 53.6 Å². The van der Waals surface area contributed by atoms with Gasteiger partial charge in [-0.25, -0.2) is 4.79 Å². The molecule has 36 heavy (non-hydrogen) atoms. The number of esters is 2. The van der Waals surface area contributed by atoms with Crippen molar-refractivity contribution in [3.8, 4) is 17.2 Å². The maximum atomic E-state index is 12.5. The molecule has 2 aromatic rings. The van der Waals surface area contributed by atoms with Gasteiger partial charge in [-0.15, -0.1) is 0 Å². The highest BCUT2D eigenvalue weighted by atomic mass is 16.5. The largest absolute Gasteiger partial charge is 0.507 e. The predicted molar refractivity (Wildman–Crippen MR) is 141 cm³/mol. The van der Waals surface area contributed by atoms with Crippen LogP contribution in [-0.4, -0.2) is 42.5 Å². The molecule has 0 aliphatic carbocycles. The van der Waals surface area contributed by atoms with E-state index in [1.165, 1.54) is 25.1 Å². The lowest BCUT2D eigenvalue weighted by molar-refractivity contribution is -0.147. The smallest absolute Gasteiger partial charge is 0.343 e. The second-order valence-electron chi connectivity index (χ2n) is 8.80. The maximum absolute atomic E-state index is 12.5. The summed E-state index contributed by atoms with van der Waals surface area (Å²) in [6.45, 7) is 6.97. The predicted octanol–water partition coefficient (Wildman–Crippen LogP) is 6.50. The Labute approximate surface area is 214 Å². The number of phenolic OH excluding ortho intramolecular Hbond substituents is 1. The molecule has 196 valence electrons. The van der Waals surface area contributed by atoms with E-state index in [2.05, 4.69) is 18.8 Å². The fourth-order valence-corrected chi connectivity index (χ4v) is 3.41. The number of ether oxygens (including phenoxy) is 3. The second kappa shape index (κ2) is 16.3. The highest BCUT2D eigenvalue weighted by molar-refractivity contribution is 5.91. The number of carbonyl (C=O) groups excluding carboxylic acids is 2. The van der Waals surface area contributed by atoms with E-state index in [0.717, 1.165) is 32.1 Å². The van der Waals surface area contributed by atoms with Gasteiger partial charge >= 0.3 is 11.9 Å². The van der Waals surface area contributed by atoms with Crippen LogP contribution in [0.1, 0.15) is 88.1 Å². The summed E-state index contributed by atoms with van der Waals surface area (Å²) in [5.41, 5.74) is 0.855. The number of nitrogens with zero attached hydrogens (tertiary/aromatic N) is 1. The average Bonchev–Trinajstić information content (AvgIpc) is 2.85. The summed E-state index contributed by atoms with van der Waals surface area (Å²) in [6, 6.07) is 11.4. The molecule has 0 amide bonds. The minimum atomic E-state index is -0.528. The van der Waals surface area contributed by atoms with Gasteiger partial charge in [-0.2, -0.15) is 0 Å². The molecule has 1 atom stereocenters. The molecule has 0 heterocycles. The molecule has 7 nitrogen and oxygen atoms in total.